The van der Waals surface area contributed by atoms with Crippen LogP contribution in [0.25, 0.3) is 17.2 Å². The van der Waals surface area contributed by atoms with E-state index in [1.165, 1.54) is 6.07 Å². The van der Waals surface area contributed by atoms with Crippen LogP contribution in [-0.4, -0.2) is 40.1 Å². The lowest BCUT2D eigenvalue weighted by Gasteiger charge is -2.39. The van der Waals surface area contributed by atoms with Gasteiger partial charge in [0.2, 0.25) is 0 Å². The third-order valence-corrected chi connectivity index (χ3v) is 7.53. The van der Waals surface area contributed by atoms with Crippen molar-refractivity contribution >= 4 is 23.6 Å². The van der Waals surface area contributed by atoms with E-state index in [2.05, 4.69) is 17.1 Å². The van der Waals surface area contributed by atoms with E-state index in [1.807, 2.05) is 18.2 Å². The Bertz CT molecular complexity index is 1360. The molecule has 5 nitrogen and oxygen atoms in total. The first-order valence-electron chi connectivity index (χ1n) is 11.8. The van der Waals surface area contributed by atoms with Gasteiger partial charge in [0, 0.05) is 59.4 Å². The number of allylic oxidation sites excluding steroid dienone is 1. The highest BCUT2D eigenvalue weighted by Crippen LogP contribution is 2.44. The number of aromatic nitrogens is 1. The Morgan fingerprint density at radius 3 is 2.77 bits per heavy atom. The van der Waals surface area contributed by atoms with Gasteiger partial charge in [-0.3, -0.25) is 9.78 Å². The highest BCUT2D eigenvalue weighted by molar-refractivity contribution is 6.31. The van der Waals surface area contributed by atoms with Crippen LogP contribution >= 0.6 is 11.6 Å². The number of fused-ring (bicyclic) bond motifs is 2. The summed E-state index contributed by atoms with van der Waals surface area (Å²) < 4.78 is 20.5. The van der Waals surface area contributed by atoms with Crippen molar-refractivity contribution in [2.24, 2.45) is 0 Å². The predicted molar refractivity (Wildman–Crippen MR) is 132 cm³/mol. The fourth-order valence-electron chi connectivity index (χ4n) is 5.46. The molecule has 0 spiro atoms. The molecule has 2 aliphatic heterocycles. The minimum Gasteiger partial charge on any atom is -0.479 e. The Hall–Kier alpha value is -3.22. The number of hydrogen-bond acceptors (Lipinski definition) is 4. The van der Waals surface area contributed by atoms with Gasteiger partial charge in [0.25, 0.3) is 5.91 Å². The van der Waals surface area contributed by atoms with E-state index >= 15 is 0 Å². The van der Waals surface area contributed by atoms with Gasteiger partial charge in [-0.05, 0) is 42.7 Å². The van der Waals surface area contributed by atoms with Gasteiger partial charge in [-0.15, -0.1) is 0 Å². The molecule has 1 aromatic heterocycles. The Morgan fingerprint density at radius 1 is 1.17 bits per heavy atom. The molecule has 3 heterocycles. The minimum atomic E-state index is -1.28. The maximum Gasteiger partial charge on any atom is 0.263 e. The van der Waals surface area contributed by atoms with E-state index in [9.17, 15) is 14.3 Å². The van der Waals surface area contributed by atoms with Gasteiger partial charge in [-0.2, -0.15) is 0 Å². The standard InChI is InChI=1S/C28H24ClFN2O3/c29-18-14-17-15-25(35-26(17)21(16-18)19-8-11-31-24-7-3-4-20(19)24)27(33)32-12-9-28(34,10-13-32)22-5-1-2-6-23(22)30/h1-6,8,11,14,16,25,34H,7,9-10,12-13,15H2. The number of likely N-dealkylation sites (tertiary alicyclic amines) is 1. The van der Waals surface area contributed by atoms with Crippen molar-refractivity contribution in [1.82, 2.24) is 9.88 Å². The Labute approximate surface area is 207 Å². The van der Waals surface area contributed by atoms with Crippen LogP contribution in [0.15, 0.2) is 54.7 Å². The zero-order chi connectivity index (χ0) is 24.2. The van der Waals surface area contributed by atoms with Crippen molar-refractivity contribution in [2.45, 2.75) is 37.4 Å². The Morgan fingerprint density at radius 2 is 1.97 bits per heavy atom. The molecule has 3 aliphatic rings. The molecule has 1 atom stereocenters. The number of piperidine rings is 1. The van der Waals surface area contributed by atoms with Crippen molar-refractivity contribution in [3.63, 3.8) is 0 Å². The lowest BCUT2D eigenvalue weighted by atomic mass is 9.84. The monoisotopic (exact) mass is 490 g/mol. The summed E-state index contributed by atoms with van der Waals surface area (Å²) in [6.07, 6.45) is 7.03. The van der Waals surface area contributed by atoms with Gasteiger partial charge in [-0.25, -0.2) is 4.39 Å². The second kappa shape index (κ2) is 8.47. The van der Waals surface area contributed by atoms with E-state index in [-0.39, 0.29) is 24.3 Å². The summed E-state index contributed by atoms with van der Waals surface area (Å²) in [5.41, 5.74) is 3.82. The largest absolute Gasteiger partial charge is 0.479 e. The number of carbonyl (C=O) groups excluding carboxylic acids is 1. The lowest BCUT2D eigenvalue weighted by Crippen LogP contribution is -2.49. The molecule has 1 aliphatic carbocycles. The van der Waals surface area contributed by atoms with Crippen LogP contribution in [0.2, 0.25) is 5.02 Å². The number of hydrogen-bond donors (Lipinski definition) is 1. The fourth-order valence-corrected chi connectivity index (χ4v) is 5.70. The second-order valence-corrected chi connectivity index (χ2v) is 9.85. The number of carbonyl (C=O) groups is 1. The van der Waals surface area contributed by atoms with Crippen molar-refractivity contribution in [1.29, 1.82) is 0 Å². The topological polar surface area (TPSA) is 62.7 Å². The summed E-state index contributed by atoms with van der Waals surface area (Å²) in [5.74, 6) is 0.131. The molecule has 3 aromatic rings. The fraction of sp³-hybridized carbons (Fsp3) is 0.286. The maximum atomic E-state index is 14.3. The highest BCUT2D eigenvalue weighted by atomic mass is 35.5. The van der Waals surface area contributed by atoms with Crippen molar-refractivity contribution in [3.8, 4) is 16.9 Å². The third kappa shape index (κ3) is 3.81. The molecule has 6 rings (SSSR count). The van der Waals surface area contributed by atoms with Crippen LogP contribution in [0, 0.1) is 5.82 Å². The minimum absolute atomic E-state index is 0.126. The van der Waals surface area contributed by atoms with Crippen LogP contribution in [-0.2, 0) is 23.2 Å². The summed E-state index contributed by atoms with van der Waals surface area (Å²) in [6.45, 7) is 0.659. The number of pyridine rings is 1. The van der Waals surface area contributed by atoms with E-state index < -0.39 is 17.5 Å². The molecule has 1 unspecified atom stereocenters. The van der Waals surface area contributed by atoms with Gasteiger partial charge in [-0.1, -0.05) is 42.0 Å². The van der Waals surface area contributed by atoms with Gasteiger partial charge >= 0.3 is 0 Å². The van der Waals surface area contributed by atoms with E-state index in [0.717, 1.165) is 34.4 Å². The number of rotatable bonds is 3. The number of nitrogens with zero attached hydrogens (tertiary/aromatic N) is 2. The average molecular weight is 491 g/mol. The third-order valence-electron chi connectivity index (χ3n) is 7.31. The van der Waals surface area contributed by atoms with Crippen LogP contribution in [0.4, 0.5) is 4.39 Å². The summed E-state index contributed by atoms with van der Waals surface area (Å²) in [6, 6.07) is 12.0. The zero-order valence-corrected chi connectivity index (χ0v) is 19.8. The number of halogens is 2. The van der Waals surface area contributed by atoms with E-state index in [0.29, 0.717) is 30.3 Å². The molecule has 1 saturated heterocycles. The first-order valence-corrected chi connectivity index (χ1v) is 12.2. The molecule has 178 valence electrons. The number of aliphatic hydroxyl groups is 1. The van der Waals surface area contributed by atoms with Gasteiger partial charge < -0.3 is 14.7 Å². The number of benzene rings is 2. The summed E-state index contributed by atoms with van der Waals surface area (Å²) in [5, 5.41) is 11.7. The van der Waals surface area contributed by atoms with Crippen LogP contribution in [0.3, 0.4) is 0 Å². The quantitative estimate of drug-likeness (QED) is 0.566. The molecule has 1 fully saturated rings. The molecule has 2 aromatic carbocycles. The molecular weight excluding hydrogens is 467 g/mol. The summed E-state index contributed by atoms with van der Waals surface area (Å²) in [4.78, 5) is 19.6. The molecule has 0 bridgehead atoms. The van der Waals surface area contributed by atoms with Crippen LogP contribution < -0.4 is 4.74 Å². The average Bonchev–Trinajstić information content (AvgIpc) is 3.51. The van der Waals surface area contributed by atoms with Crippen molar-refractivity contribution < 1.29 is 19.0 Å². The summed E-state index contributed by atoms with van der Waals surface area (Å²) in [7, 11) is 0. The predicted octanol–water partition coefficient (Wildman–Crippen LogP) is 4.92. The zero-order valence-electron chi connectivity index (χ0n) is 19.0. The first-order chi connectivity index (χ1) is 16.9. The molecule has 7 heteroatoms. The number of amides is 1. The SMILES string of the molecule is O=C(C1Cc2cc(Cl)cc(-c3ccnc4c3C=CC4)c2O1)N1CCC(O)(c2ccccc2F)CC1. The van der Waals surface area contributed by atoms with Gasteiger partial charge in [0.1, 0.15) is 11.6 Å². The maximum absolute atomic E-state index is 14.3. The van der Waals surface area contributed by atoms with E-state index in [1.54, 1.807) is 29.3 Å². The molecule has 0 radical (unpaired) electrons. The van der Waals surface area contributed by atoms with E-state index in [4.69, 9.17) is 16.3 Å². The second-order valence-electron chi connectivity index (χ2n) is 9.41. The molecular formula is C28H24ClFN2O3. The molecule has 1 amide bonds. The molecule has 1 N–H and O–H groups in total. The normalized spacial score (nSPS) is 19.9. The van der Waals surface area contributed by atoms with Gasteiger partial charge in [0.05, 0.1) is 11.3 Å². The lowest BCUT2D eigenvalue weighted by molar-refractivity contribution is -0.142. The van der Waals surface area contributed by atoms with Crippen molar-refractivity contribution in [2.75, 3.05) is 13.1 Å². The molecule has 0 saturated carbocycles. The first kappa shape index (κ1) is 22.3. The summed E-state index contributed by atoms with van der Waals surface area (Å²) >= 11 is 6.46. The van der Waals surface area contributed by atoms with Crippen LogP contribution in [0.1, 0.15) is 35.2 Å². The van der Waals surface area contributed by atoms with Crippen molar-refractivity contribution in [3.05, 3.63) is 88.0 Å². The number of ether oxygens (including phenoxy) is 1. The highest BCUT2D eigenvalue weighted by Gasteiger charge is 2.41. The Balaban J connectivity index is 1.22. The van der Waals surface area contributed by atoms with Crippen LogP contribution in [0.5, 0.6) is 5.75 Å². The molecule has 35 heavy (non-hydrogen) atoms. The smallest absolute Gasteiger partial charge is 0.263 e. The Kier molecular flexibility index (Phi) is 5.38. The van der Waals surface area contributed by atoms with Gasteiger partial charge in [0.15, 0.2) is 6.10 Å².